The highest BCUT2D eigenvalue weighted by Crippen LogP contribution is 2.26. The van der Waals surface area contributed by atoms with Gasteiger partial charge in [0.15, 0.2) is 0 Å². The van der Waals surface area contributed by atoms with Gasteiger partial charge in [-0.15, -0.1) is 0 Å². The Morgan fingerprint density at radius 1 is 1.22 bits per heavy atom. The Morgan fingerprint density at radius 2 is 2.00 bits per heavy atom. The summed E-state index contributed by atoms with van der Waals surface area (Å²) in [4.78, 5) is 33.9. The highest BCUT2D eigenvalue weighted by molar-refractivity contribution is 6.00. The number of hydrogen-bond donors (Lipinski definition) is 0. The molecule has 0 unspecified atom stereocenters. The van der Waals surface area contributed by atoms with Gasteiger partial charge in [0, 0.05) is 37.6 Å². The Balaban J connectivity index is 1.50. The third kappa shape index (κ3) is 3.61. The summed E-state index contributed by atoms with van der Waals surface area (Å²) in [6.45, 7) is 1.15. The molecular formula is C21H26N4O2. The van der Waals surface area contributed by atoms with Crippen LogP contribution in [0.5, 0.6) is 0 Å². The smallest absolute Gasteiger partial charge is 0.254 e. The molecule has 0 spiro atoms. The van der Waals surface area contributed by atoms with Crippen LogP contribution in [0.25, 0.3) is 0 Å². The second-order valence-electron chi connectivity index (χ2n) is 7.59. The molecule has 2 heterocycles. The van der Waals surface area contributed by atoms with Gasteiger partial charge in [-0.1, -0.05) is 37.5 Å². The first kappa shape index (κ1) is 17.8. The number of benzene rings is 1. The molecule has 142 valence electrons. The third-order valence-electron chi connectivity index (χ3n) is 5.79. The Labute approximate surface area is 159 Å². The van der Waals surface area contributed by atoms with E-state index in [4.69, 9.17) is 0 Å². The fraction of sp³-hybridized carbons (Fsp3) is 0.476. The molecule has 1 aliphatic heterocycles. The summed E-state index contributed by atoms with van der Waals surface area (Å²) in [7, 11) is 1.95. The van der Waals surface area contributed by atoms with E-state index in [1.54, 1.807) is 11.1 Å². The number of amides is 2. The van der Waals surface area contributed by atoms with E-state index in [2.05, 4.69) is 4.98 Å². The number of aromatic nitrogens is 2. The van der Waals surface area contributed by atoms with Crippen LogP contribution >= 0.6 is 0 Å². The summed E-state index contributed by atoms with van der Waals surface area (Å²) < 4.78 is 1.96. The molecule has 1 aliphatic carbocycles. The molecule has 1 saturated carbocycles. The van der Waals surface area contributed by atoms with Crippen molar-refractivity contribution in [3.05, 3.63) is 53.6 Å². The summed E-state index contributed by atoms with van der Waals surface area (Å²) >= 11 is 0. The lowest BCUT2D eigenvalue weighted by Crippen LogP contribution is -2.46. The minimum atomic E-state index is -0.0421. The van der Waals surface area contributed by atoms with Gasteiger partial charge in [0.05, 0.1) is 6.54 Å². The zero-order valence-corrected chi connectivity index (χ0v) is 15.8. The number of hydrogen-bond acceptors (Lipinski definition) is 3. The van der Waals surface area contributed by atoms with Crippen molar-refractivity contribution < 1.29 is 9.59 Å². The van der Waals surface area contributed by atoms with Crippen molar-refractivity contribution in [2.45, 2.75) is 51.2 Å². The normalized spacial score (nSPS) is 17.2. The topological polar surface area (TPSA) is 58.4 Å². The van der Waals surface area contributed by atoms with Gasteiger partial charge < -0.3 is 14.4 Å². The van der Waals surface area contributed by atoms with E-state index >= 15 is 0 Å². The summed E-state index contributed by atoms with van der Waals surface area (Å²) in [5.74, 6) is 0.857. The van der Waals surface area contributed by atoms with Gasteiger partial charge in [-0.25, -0.2) is 4.98 Å². The zero-order chi connectivity index (χ0) is 18.8. The maximum atomic E-state index is 13.2. The largest absolute Gasteiger partial charge is 0.337 e. The SMILES string of the molecule is Cn1ccnc1CN(C(=O)CN1Cc2ccccc2C1=O)C1CCCCC1. The molecule has 0 bridgehead atoms. The molecule has 1 fully saturated rings. The van der Waals surface area contributed by atoms with Gasteiger partial charge in [0.1, 0.15) is 12.4 Å². The fourth-order valence-corrected chi connectivity index (χ4v) is 4.21. The molecule has 0 N–H and O–H groups in total. The molecule has 2 aromatic rings. The number of imidazole rings is 1. The molecule has 0 atom stereocenters. The molecule has 6 nitrogen and oxygen atoms in total. The lowest BCUT2D eigenvalue weighted by atomic mass is 9.94. The van der Waals surface area contributed by atoms with Crippen molar-refractivity contribution in [2.24, 2.45) is 7.05 Å². The molecule has 2 amide bonds. The Hall–Kier alpha value is -2.63. The third-order valence-corrected chi connectivity index (χ3v) is 5.79. The zero-order valence-electron chi connectivity index (χ0n) is 15.8. The fourth-order valence-electron chi connectivity index (χ4n) is 4.21. The molecule has 1 aromatic carbocycles. The van der Waals surface area contributed by atoms with E-state index in [1.807, 2.05) is 47.0 Å². The monoisotopic (exact) mass is 366 g/mol. The first-order chi connectivity index (χ1) is 13.1. The number of fused-ring (bicyclic) bond motifs is 1. The van der Waals surface area contributed by atoms with E-state index in [-0.39, 0.29) is 24.4 Å². The Morgan fingerprint density at radius 3 is 2.70 bits per heavy atom. The van der Waals surface area contributed by atoms with E-state index in [0.717, 1.165) is 42.6 Å². The van der Waals surface area contributed by atoms with Gasteiger partial charge >= 0.3 is 0 Å². The standard InChI is InChI=1S/C21H26N4O2/c1-23-12-11-22-19(23)14-25(17-8-3-2-4-9-17)20(26)15-24-13-16-7-5-6-10-18(16)21(24)27/h5-7,10-12,17H,2-4,8-9,13-15H2,1H3. The van der Waals surface area contributed by atoms with Crippen molar-refractivity contribution in [3.8, 4) is 0 Å². The van der Waals surface area contributed by atoms with Crippen molar-refractivity contribution in [1.82, 2.24) is 19.4 Å². The van der Waals surface area contributed by atoms with Gasteiger partial charge in [-0.3, -0.25) is 9.59 Å². The van der Waals surface area contributed by atoms with Crippen LogP contribution in [0.1, 0.15) is 53.8 Å². The summed E-state index contributed by atoms with van der Waals surface area (Å²) in [5.41, 5.74) is 1.72. The molecule has 27 heavy (non-hydrogen) atoms. The molecular weight excluding hydrogens is 340 g/mol. The minimum absolute atomic E-state index is 0.0195. The summed E-state index contributed by atoms with van der Waals surface area (Å²) in [6.07, 6.45) is 9.28. The van der Waals surface area contributed by atoms with Crippen LogP contribution in [0.4, 0.5) is 0 Å². The number of rotatable bonds is 5. The van der Waals surface area contributed by atoms with Crippen LogP contribution in [-0.4, -0.2) is 43.8 Å². The van der Waals surface area contributed by atoms with Crippen LogP contribution in [-0.2, 0) is 24.9 Å². The highest BCUT2D eigenvalue weighted by Gasteiger charge is 2.32. The predicted molar refractivity (Wildman–Crippen MR) is 102 cm³/mol. The summed E-state index contributed by atoms with van der Waals surface area (Å²) in [6, 6.07) is 7.85. The molecule has 4 rings (SSSR count). The van der Waals surface area contributed by atoms with Gasteiger partial charge in [-0.05, 0) is 24.5 Å². The average molecular weight is 366 g/mol. The van der Waals surface area contributed by atoms with Crippen LogP contribution < -0.4 is 0 Å². The molecule has 6 heteroatoms. The van der Waals surface area contributed by atoms with Crippen molar-refractivity contribution in [3.63, 3.8) is 0 Å². The molecule has 2 aliphatic rings. The van der Waals surface area contributed by atoms with Crippen LogP contribution in [0.2, 0.25) is 0 Å². The molecule has 0 saturated heterocycles. The maximum absolute atomic E-state index is 13.2. The highest BCUT2D eigenvalue weighted by atomic mass is 16.2. The Kier molecular flexibility index (Phi) is 4.97. The van der Waals surface area contributed by atoms with E-state index in [9.17, 15) is 9.59 Å². The average Bonchev–Trinajstić information content (AvgIpc) is 3.24. The van der Waals surface area contributed by atoms with Crippen LogP contribution in [0, 0.1) is 0 Å². The minimum Gasteiger partial charge on any atom is -0.337 e. The van der Waals surface area contributed by atoms with Gasteiger partial charge in [-0.2, -0.15) is 0 Å². The first-order valence-electron chi connectivity index (χ1n) is 9.76. The predicted octanol–water partition coefficient (Wildman–Crippen LogP) is 2.74. The lowest BCUT2D eigenvalue weighted by molar-refractivity contribution is -0.135. The van der Waals surface area contributed by atoms with E-state index in [0.29, 0.717) is 13.1 Å². The maximum Gasteiger partial charge on any atom is 0.254 e. The van der Waals surface area contributed by atoms with Gasteiger partial charge in [0.25, 0.3) is 5.91 Å². The molecule has 1 aromatic heterocycles. The number of aryl methyl sites for hydroxylation is 1. The lowest BCUT2D eigenvalue weighted by Gasteiger charge is -2.35. The first-order valence-corrected chi connectivity index (χ1v) is 9.76. The summed E-state index contributed by atoms with van der Waals surface area (Å²) in [5, 5.41) is 0. The van der Waals surface area contributed by atoms with E-state index in [1.165, 1.54) is 6.42 Å². The second-order valence-corrected chi connectivity index (χ2v) is 7.59. The number of nitrogens with zero attached hydrogens (tertiary/aromatic N) is 4. The number of carbonyl (C=O) groups excluding carboxylic acids is 2. The quantitative estimate of drug-likeness (QED) is 0.818. The van der Waals surface area contributed by atoms with Crippen LogP contribution in [0.15, 0.2) is 36.7 Å². The van der Waals surface area contributed by atoms with Crippen molar-refractivity contribution >= 4 is 11.8 Å². The Bertz CT molecular complexity index is 838. The van der Waals surface area contributed by atoms with Crippen molar-refractivity contribution in [2.75, 3.05) is 6.54 Å². The van der Waals surface area contributed by atoms with Crippen molar-refractivity contribution in [1.29, 1.82) is 0 Å². The van der Waals surface area contributed by atoms with Gasteiger partial charge in [0.2, 0.25) is 5.91 Å². The number of carbonyl (C=O) groups is 2. The van der Waals surface area contributed by atoms with E-state index < -0.39 is 0 Å². The van der Waals surface area contributed by atoms with Crippen LogP contribution in [0.3, 0.4) is 0 Å². The second kappa shape index (κ2) is 7.55. The molecule has 0 radical (unpaired) electrons.